The molecular weight excluding hydrogens is 273 g/mol. The van der Waals surface area contributed by atoms with Gasteiger partial charge < -0.3 is 15.2 Å². The van der Waals surface area contributed by atoms with Gasteiger partial charge in [-0.25, -0.2) is 0 Å². The van der Waals surface area contributed by atoms with Crippen LogP contribution >= 0.6 is 0 Å². The van der Waals surface area contributed by atoms with Crippen LogP contribution in [0.5, 0.6) is 17.2 Å². The average Bonchev–Trinajstić information content (AvgIpc) is 2.40. The Balaban J connectivity index is 2.02. The summed E-state index contributed by atoms with van der Waals surface area (Å²) in [6.45, 7) is 0.323. The molecule has 1 aromatic heterocycles. The van der Waals surface area contributed by atoms with E-state index >= 15 is 0 Å². The van der Waals surface area contributed by atoms with Gasteiger partial charge in [0.05, 0.1) is 11.9 Å². The minimum absolute atomic E-state index is 0.304. The van der Waals surface area contributed by atoms with Gasteiger partial charge >= 0.3 is 6.36 Å². The maximum Gasteiger partial charge on any atom is 0.573 e. The SMILES string of the molecule is NCc1ccc(Oc2ccc(OC(F)(F)F)cc2)cn1. The van der Waals surface area contributed by atoms with E-state index in [-0.39, 0.29) is 5.75 Å². The molecule has 106 valence electrons. The number of hydrogen-bond acceptors (Lipinski definition) is 4. The predicted octanol–water partition coefficient (Wildman–Crippen LogP) is 3.23. The van der Waals surface area contributed by atoms with Gasteiger partial charge in [0.25, 0.3) is 0 Å². The zero-order valence-corrected chi connectivity index (χ0v) is 10.2. The Morgan fingerprint density at radius 2 is 1.55 bits per heavy atom. The average molecular weight is 284 g/mol. The van der Waals surface area contributed by atoms with Crippen LogP contribution in [-0.4, -0.2) is 11.3 Å². The Kier molecular flexibility index (Phi) is 4.09. The van der Waals surface area contributed by atoms with Crippen LogP contribution in [0.1, 0.15) is 5.69 Å². The zero-order valence-electron chi connectivity index (χ0n) is 10.2. The quantitative estimate of drug-likeness (QED) is 0.936. The van der Waals surface area contributed by atoms with Crippen LogP contribution < -0.4 is 15.2 Å². The second-order valence-electron chi connectivity index (χ2n) is 3.81. The van der Waals surface area contributed by atoms with Gasteiger partial charge in [0, 0.05) is 6.54 Å². The van der Waals surface area contributed by atoms with Crippen LogP contribution in [0.3, 0.4) is 0 Å². The lowest BCUT2D eigenvalue weighted by molar-refractivity contribution is -0.274. The minimum Gasteiger partial charge on any atom is -0.456 e. The Morgan fingerprint density at radius 1 is 0.950 bits per heavy atom. The lowest BCUT2D eigenvalue weighted by Gasteiger charge is -2.10. The first-order chi connectivity index (χ1) is 9.46. The van der Waals surface area contributed by atoms with Gasteiger partial charge in [-0.2, -0.15) is 0 Å². The van der Waals surface area contributed by atoms with Crippen molar-refractivity contribution in [1.29, 1.82) is 0 Å². The molecule has 1 heterocycles. The summed E-state index contributed by atoms with van der Waals surface area (Å²) in [7, 11) is 0. The van der Waals surface area contributed by atoms with Crippen molar-refractivity contribution in [1.82, 2.24) is 4.98 Å². The van der Waals surface area contributed by atoms with Gasteiger partial charge in [-0.1, -0.05) is 0 Å². The summed E-state index contributed by atoms with van der Waals surface area (Å²) < 4.78 is 45.1. The highest BCUT2D eigenvalue weighted by Gasteiger charge is 2.30. The van der Waals surface area contributed by atoms with Gasteiger partial charge in [-0.3, -0.25) is 4.98 Å². The van der Waals surface area contributed by atoms with Crippen LogP contribution in [0.4, 0.5) is 13.2 Å². The largest absolute Gasteiger partial charge is 0.573 e. The molecule has 4 nitrogen and oxygen atoms in total. The standard InChI is InChI=1S/C13H11F3N2O2/c14-13(15,16)20-11-5-3-10(4-6-11)19-12-2-1-9(7-17)18-8-12/h1-6,8H,7,17H2. The summed E-state index contributed by atoms with van der Waals surface area (Å²) in [6.07, 6.45) is -3.22. The number of alkyl halides is 3. The van der Waals surface area contributed by atoms with E-state index in [0.29, 0.717) is 23.7 Å². The third-order valence-corrected chi connectivity index (χ3v) is 2.30. The van der Waals surface area contributed by atoms with E-state index in [4.69, 9.17) is 10.5 Å². The molecule has 0 aliphatic carbocycles. The Labute approximate surface area is 113 Å². The molecule has 0 aliphatic rings. The second-order valence-corrected chi connectivity index (χ2v) is 3.81. The van der Waals surface area contributed by atoms with Crippen LogP contribution in [0.15, 0.2) is 42.6 Å². The molecule has 0 spiro atoms. The Hall–Kier alpha value is -2.28. The summed E-state index contributed by atoms with van der Waals surface area (Å²) in [5.74, 6) is 0.537. The summed E-state index contributed by atoms with van der Waals surface area (Å²) in [5.41, 5.74) is 6.12. The number of hydrogen-bond donors (Lipinski definition) is 1. The molecule has 0 amide bonds. The van der Waals surface area contributed by atoms with Crippen LogP contribution in [0.25, 0.3) is 0 Å². The fourth-order valence-corrected chi connectivity index (χ4v) is 1.44. The number of ether oxygens (including phenoxy) is 2. The molecule has 0 saturated carbocycles. The Morgan fingerprint density at radius 3 is 2.05 bits per heavy atom. The number of nitrogens with zero attached hydrogens (tertiary/aromatic N) is 1. The normalized spacial score (nSPS) is 11.2. The molecule has 2 N–H and O–H groups in total. The van der Waals surface area contributed by atoms with Crippen molar-refractivity contribution < 1.29 is 22.6 Å². The zero-order chi connectivity index (χ0) is 14.6. The van der Waals surface area contributed by atoms with Crippen molar-refractivity contribution in [3.05, 3.63) is 48.3 Å². The van der Waals surface area contributed by atoms with Crippen LogP contribution in [0, 0.1) is 0 Å². The van der Waals surface area contributed by atoms with Crippen molar-refractivity contribution in [2.24, 2.45) is 5.73 Å². The third-order valence-electron chi connectivity index (χ3n) is 2.30. The van der Waals surface area contributed by atoms with Gasteiger partial charge in [-0.15, -0.1) is 13.2 Å². The van der Waals surface area contributed by atoms with E-state index in [9.17, 15) is 13.2 Å². The van der Waals surface area contributed by atoms with E-state index in [0.717, 1.165) is 0 Å². The molecule has 0 aliphatic heterocycles. The molecule has 0 unspecified atom stereocenters. The van der Waals surface area contributed by atoms with Gasteiger partial charge in [-0.05, 0) is 36.4 Å². The molecule has 20 heavy (non-hydrogen) atoms. The van der Waals surface area contributed by atoms with E-state index in [1.54, 1.807) is 12.1 Å². The van der Waals surface area contributed by atoms with Crippen LogP contribution in [-0.2, 0) is 6.54 Å². The van der Waals surface area contributed by atoms with Crippen molar-refractivity contribution in [2.75, 3.05) is 0 Å². The smallest absolute Gasteiger partial charge is 0.456 e. The van der Waals surface area contributed by atoms with E-state index in [1.165, 1.54) is 30.5 Å². The molecule has 2 rings (SSSR count). The number of halogens is 3. The Bertz CT molecular complexity index is 553. The van der Waals surface area contributed by atoms with E-state index in [2.05, 4.69) is 9.72 Å². The molecule has 0 fully saturated rings. The molecule has 0 atom stereocenters. The molecule has 0 saturated heterocycles. The maximum absolute atomic E-state index is 12.0. The van der Waals surface area contributed by atoms with Gasteiger partial charge in [0.15, 0.2) is 0 Å². The highest BCUT2D eigenvalue weighted by atomic mass is 19.4. The summed E-state index contributed by atoms with van der Waals surface area (Å²) in [4.78, 5) is 4.04. The number of rotatable bonds is 4. The highest BCUT2D eigenvalue weighted by molar-refractivity contribution is 5.34. The molecule has 0 radical (unpaired) electrons. The topological polar surface area (TPSA) is 57.4 Å². The van der Waals surface area contributed by atoms with E-state index in [1.807, 2.05) is 0 Å². The first-order valence-corrected chi connectivity index (χ1v) is 5.65. The molecule has 1 aromatic carbocycles. The molecule has 2 aromatic rings. The molecular formula is C13H11F3N2O2. The summed E-state index contributed by atoms with van der Waals surface area (Å²) >= 11 is 0. The fraction of sp³-hybridized carbons (Fsp3) is 0.154. The monoisotopic (exact) mass is 284 g/mol. The lowest BCUT2D eigenvalue weighted by Crippen LogP contribution is -2.16. The number of benzene rings is 1. The van der Waals surface area contributed by atoms with Crippen molar-refractivity contribution in [3.8, 4) is 17.2 Å². The lowest BCUT2D eigenvalue weighted by atomic mass is 10.3. The van der Waals surface area contributed by atoms with Crippen molar-refractivity contribution >= 4 is 0 Å². The second kappa shape index (κ2) is 5.79. The molecule has 0 bridgehead atoms. The number of aromatic nitrogens is 1. The number of nitrogens with two attached hydrogens (primary N) is 1. The predicted molar refractivity (Wildman–Crippen MR) is 65.3 cm³/mol. The minimum atomic E-state index is -4.70. The third kappa shape index (κ3) is 4.13. The van der Waals surface area contributed by atoms with Gasteiger partial charge in [0.1, 0.15) is 17.2 Å². The summed E-state index contributed by atoms with van der Waals surface area (Å²) in [5, 5.41) is 0. The number of pyridine rings is 1. The maximum atomic E-state index is 12.0. The van der Waals surface area contributed by atoms with Crippen molar-refractivity contribution in [2.45, 2.75) is 12.9 Å². The van der Waals surface area contributed by atoms with Crippen molar-refractivity contribution in [3.63, 3.8) is 0 Å². The highest BCUT2D eigenvalue weighted by Crippen LogP contribution is 2.26. The van der Waals surface area contributed by atoms with Gasteiger partial charge in [0.2, 0.25) is 0 Å². The fourth-order valence-electron chi connectivity index (χ4n) is 1.44. The molecule has 7 heteroatoms. The van der Waals surface area contributed by atoms with Crippen LogP contribution in [0.2, 0.25) is 0 Å². The first-order valence-electron chi connectivity index (χ1n) is 5.65. The first kappa shape index (κ1) is 14.1. The van der Waals surface area contributed by atoms with E-state index < -0.39 is 6.36 Å². The summed E-state index contributed by atoms with van der Waals surface area (Å²) in [6, 6.07) is 8.47.